The van der Waals surface area contributed by atoms with Crippen LogP contribution in [0.5, 0.6) is 0 Å². The maximum absolute atomic E-state index is 14.6. The minimum absolute atomic E-state index is 0. The number of Topliss-reactive ketones (excluding diaryl/α,β-unsaturated/α-hetero) is 1. The molecular weight excluding hydrogens is 612 g/mol. The number of aromatic nitrogens is 2. The lowest BCUT2D eigenvalue weighted by atomic mass is 9.78. The molecule has 3 aliphatic rings. The molecule has 228 valence electrons. The number of carbonyl (C=O) groups is 3. The number of likely N-dealkylation sites (tertiary alicyclic amines) is 1. The molecule has 0 unspecified atom stereocenters. The molecule has 1 saturated carbocycles. The van der Waals surface area contributed by atoms with E-state index < -0.39 is 30.3 Å². The van der Waals surface area contributed by atoms with E-state index in [1.54, 1.807) is 41.5 Å². The minimum atomic E-state index is -1.41. The van der Waals surface area contributed by atoms with E-state index in [0.29, 0.717) is 11.5 Å². The summed E-state index contributed by atoms with van der Waals surface area (Å²) in [5, 5.41) is 2.95. The van der Waals surface area contributed by atoms with Gasteiger partial charge in [-0.25, -0.2) is 9.37 Å². The van der Waals surface area contributed by atoms with E-state index in [1.807, 2.05) is 6.07 Å². The van der Waals surface area contributed by atoms with E-state index >= 15 is 0 Å². The second-order valence-electron chi connectivity index (χ2n) is 9.68. The predicted molar refractivity (Wildman–Crippen MR) is 180 cm³/mol. The second-order valence-corrected chi connectivity index (χ2v) is 9.68. The van der Waals surface area contributed by atoms with Crippen LogP contribution >= 0.6 is 67.5 Å². The topological polar surface area (TPSA) is 93.5 Å². The van der Waals surface area contributed by atoms with Gasteiger partial charge in [0.1, 0.15) is 31.0 Å². The number of carbonyl (C=O) groups excluding carboxylic acids is 3. The van der Waals surface area contributed by atoms with Crippen LogP contribution in [0.15, 0.2) is 43.0 Å². The van der Waals surface area contributed by atoms with Gasteiger partial charge in [-0.1, -0.05) is 33.3 Å². The predicted octanol–water partition coefficient (Wildman–Crippen LogP) is 3.51. The monoisotopic (exact) mass is 654 g/mol. The highest BCUT2D eigenvalue weighted by Crippen LogP contribution is 2.34. The lowest BCUT2D eigenvalue weighted by molar-refractivity contribution is -0.139. The molecule has 2 aliphatic heterocycles. The van der Waals surface area contributed by atoms with Crippen molar-refractivity contribution >= 4 is 85.1 Å². The molecule has 40 heavy (non-hydrogen) atoms. The summed E-state index contributed by atoms with van der Waals surface area (Å²) >= 11 is 0. The van der Waals surface area contributed by atoms with Crippen molar-refractivity contribution in [3.63, 3.8) is 0 Å². The van der Waals surface area contributed by atoms with Crippen molar-refractivity contribution in [3.8, 4) is 5.69 Å². The molecule has 3 heterocycles. The highest BCUT2D eigenvalue weighted by atomic mass is 32.1. The van der Waals surface area contributed by atoms with E-state index in [9.17, 15) is 18.8 Å². The summed E-state index contributed by atoms with van der Waals surface area (Å²) in [6.45, 7) is 1.81. The van der Waals surface area contributed by atoms with Gasteiger partial charge >= 0.3 is 0 Å². The van der Waals surface area contributed by atoms with Crippen molar-refractivity contribution < 1.29 is 23.5 Å². The zero-order valence-corrected chi connectivity index (χ0v) is 26.6. The number of amides is 2. The molecule has 2 amide bonds. The number of hydrogen-bond donors (Lipinski definition) is 1. The number of imidazole rings is 1. The maximum Gasteiger partial charge on any atom is 0.252 e. The van der Waals surface area contributed by atoms with Crippen LogP contribution in [0.4, 0.5) is 4.39 Å². The Morgan fingerprint density at radius 3 is 2.40 bits per heavy atom. The molecular formula is C26H43FN4O4S5. The van der Waals surface area contributed by atoms with E-state index in [0.717, 1.165) is 31.4 Å². The Labute approximate surface area is 270 Å². The van der Waals surface area contributed by atoms with E-state index in [2.05, 4.69) is 17.2 Å². The maximum atomic E-state index is 14.6. The fourth-order valence-corrected chi connectivity index (χ4v) is 5.45. The van der Waals surface area contributed by atoms with Crippen LogP contribution in [-0.2, 0) is 14.3 Å². The van der Waals surface area contributed by atoms with Crippen LogP contribution in [0.25, 0.3) is 5.69 Å². The van der Waals surface area contributed by atoms with Crippen molar-refractivity contribution in [1.82, 2.24) is 19.8 Å². The summed E-state index contributed by atoms with van der Waals surface area (Å²) in [5.74, 6) is -0.563. The number of ketones is 1. The van der Waals surface area contributed by atoms with Crippen LogP contribution in [0, 0.1) is 11.8 Å². The van der Waals surface area contributed by atoms with Crippen LogP contribution in [0.2, 0.25) is 0 Å². The fourth-order valence-electron chi connectivity index (χ4n) is 5.45. The third-order valence-electron chi connectivity index (χ3n) is 7.40. The quantitative estimate of drug-likeness (QED) is 0.533. The standard InChI is InChI=1S/C25H29FN4O4.CH4.5H2S/c1-15-5-7-16(8-6-15)21(25(33)30-12-19(26)23-22(30)20(31)13-34-23)28-24(32)17-3-2-4-18(11-17)29-10-9-27-14-29;;;;;;/h2-4,9-11,14-16,19,21-23H,5-8,12-13H2,1H3,(H,28,32);1H4;5*1H2/t15?,16?,19-,21-,22+,23+;;;;;;/m0....../s1. The molecule has 4 atom stereocenters. The molecule has 1 aromatic heterocycles. The molecule has 0 spiro atoms. The van der Waals surface area contributed by atoms with Crippen molar-refractivity contribution in [1.29, 1.82) is 0 Å². The smallest absolute Gasteiger partial charge is 0.252 e. The van der Waals surface area contributed by atoms with E-state index in [-0.39, 0.29) is 106 Å². The van der Waals surface area contributed by atoms with Crippen LogP contribution in [0.3, 0.4) is 0 Å². The minimum Gasteiger partial charge on any atom is -0.365 e. The van der Waals surface area contributed by atoms with Gasteiger partial charge in [-0.2, -0.15) is 67.5 Å². The Morgan fingerprint density at radius 2 is 1.77 bits per heavy atom. The number of fused-ring (bicyclic) bond motifs is 1. The van der Waals surface area contributed by atoms with Crippen molar-refractivity contribution in [3.05, 3.63) is 48.5 Å². The zero-order chi connectivity index (χ0) is 23.8. The van der Waals surface area contributed by atoms with Gasteiger partial charge in [-0.15, -0.1) is 0 Å². The summed E-state index contributed by atoms with van der Waals surface area (Å²) < 4.78 is 21.7. The first-order valence-corrected chi connectivity index (χ1v) is 11.9. The molecule has 0 radical (unpaired) electrons. The Balaban J connectivity index is 0. The van der Waals surface area contributed by atoms with Gasteiger partial charge in [-0.05, 0) is 42.9 Å². The van der Waals surface area contributed by atoms with E-state index in [1.165, 1.54) is 4.90 Å². The molecule has 3 fully saturated rings. The van der Waals surface area contributed by atoms with Crippen molar-refractivity contribution in [2.45, 2.75) is 64.4 Å². The van der Waals surface area contributed by atoms with Gasteiger partial charge in [0.05, 0.1) is 12.9 Å². The van der Waals surface area contributed by atoms with Gasteiger partial charge in [0, 0.05) is 23.6 Å². The molecule has 1 N–H and O–H groups in total. The Hall–Kier alpha value is -1.32. The van der Waals surface area contributed by atoms with Gasteiger partial charge in [-0.3, -0.25) is 14.4 Å². The van der Waals surface area contributed by atoms with Gasteiger partial charge in [0.15, 0.2) is 5.78 Å². The van der Waals surface area contributed by atoms with Crippen LogP contribution < -0.4 is 5.32 Å². The number of nitrogens with one attached hydrogen (secondary N) is 1. The number of hydrogen-bond acceptors (Lipinski definition) is 5. The molecule has 14 heteroatoms. The number of halogens is 1. The SMILES string of the molecule is C.CC1CCC([C@H](NC(=O)c2cccc(-n3ccnc3)c2)C(=O)N2C[C@H](F)[C@H]3OCC(=O)[C@H]32)CC1.S.S.S.S.S. The molecule has 2 saturated heterocycles. The average molecular weight is 655 g/mol. The summed E-state index contributed by atoms with van der Waals surface area (Å²) in [5.41, 5.74) is 1.19. The normalized spacial score (nSPS) is 25.2. The Bertz CT molecular complexity index is 1090. The summed E-state index contributed by atoms with van der Waals surface area (Å²) in [6, 6.07) is 5.33. The highest BCUT2D eigenvalue weighted by Gasteiger charge is 2.54. The van der Waals surface area contributed by atoms with Crippen molar-refractivity contribution in [2.24, 2.45) is 11.8 Å². The van der Waals surface area contributed by atoms with Gasteiger partial charge in [0.25, 0.3) is 5.91 Å². The first kappa shape index (κ1) is 40.8. The fraction of sp³-hybridized carbons (Fsp3) is 0.538. The summed E-state index contributed by atoms with van der Waals surface area (Å²) in [6.07, 6.45) is 6.26. The number of alkyl halides is 1. The molecule has 8 nitrogen and oxygen atoms in total. The van der Waals surface area contributed by atoms with Crippen LogP contribution in [0.1, 0.15) is 50.4 Å². The van der Waals surface area contributed by atoms with E-state index in [4.69, 9.17) is 4.74 Å². The lowest BCUT2D eigenvalue weighted by Crippen LogP contribution is -2.55. The third kappa shape index (κ3) is 8.37. The van der Waals surface area contributed by atoms with Gasteiger partial charge < -0.3 is 19.5 Å². The summed E-state index contributed by atoms with van der Waals surface area (Å²) in [4.78, 5) is 44.7. The molecule has 2 aromatic rings. The molecule has 1 aromatic carbocycles. The first-order chi connectivity index (χ1) is 16.4. The number of rotatable bonds is 5. The largest absolute Gasteiger partial charge is 0.365 e. The Kier molecular flexibility index (Phi) is 18.0. The zero-order valence-electron chi connectivity index (χ0n) is 21.6. The number of benzene rings is 1. The molecule has 5 rings (SSSR count). The van der Waals surface area contributed by atoms with Crippen molar-refractivity contribution in [2.75, 3.05) is 13.2 Å². The summed E-state index contributed by atoms with van der Waals surface area (Å²) in [7, 11) is 0. The number of ether oxygens (including phenoxy) is 1. The second kappa shape index (κ2) is 17.6. The number of nitrogens with zero attached hydrogens (tertiary/aromatic N) is 3. The highest BCUT2D eigenvalue weighted by molar-refractivity contribution is 7.60. The van der Waals surface area contributed by atoms with Crippen LogP contribution in [-0.4, -0.2) is 69.6 Å². The first-order valence-electron chi connectivity index (χ1n) is 11.9. The lowest BCUT2D eigenvalue weighted by Gasteiger charge is -2.35. The molecule has 0 bridgehead atoms. The Morgan fingerprint density at radius 1 is 1.10 bits per heavy atom. The van der Waals surface area contributed by atoms with Gasteiger partial charge in [0.2, 0.25) is 5.91 Å². The third-order valence-corrected chi connectivity index (χ3v) is 7.40. The molecule has 1 aliphatic carbocycles. The average Bonchev–Trinajstić information content (AvgIpc) is 3.58.